The van der Waals surface area contributed by atoms with Gasteiger partial charge in [-0.2, -0.15) is 21.8 Å². The monoisotopic (exact) mass is 719 g/mol. The Morgan fingerprint density at radius 3 is 2.20 bits per heavy atom. The summed E-state index contributed by atoms with van der Waals surface area (Å²) in [7, 11) is -17.2. The molecule has 24 heteroatoms. The second kappa shape index (κ2) is 13.3. The number of hydrogen-bond donors (Lipinski definition) is 6. The number of ether oxygens (including phenoxy) is 1. The van der Waals surface area contributed by atoms with Crippen LogP contribution in [-0.2, 0) is 44.3 Å². The minimum atomic E-state index is -5.85. The zero-order valence-electron chi connectivity index (χ0n) is 22.6. The molecule has 3 aromatic rings. The molecule has 1 saturated heterocycles. The molecule has 46 heavy (non-hydrogen) atoms. The lowest BCUT2D eigenvalue weighted by Gasteiger charge is -2.19. The Morgan fingerprint density at radius 2 is 1.59 bits per heavy atom. The van der Waals surface area contributed by atoms with Gasteiger partial charge in [-0.15, -0.1) is 0 Å². The van der Waals surface area contributed by atoms with Crippen LogP contribution in [0.15, 0.2) is 64.4 Å². The number of aromatic nitrogens is 3. The fraction of sp³-hybridized carbons (Fsp3) is 0.318. The number of rotatable bonds is 11. The van der Waals surface area contributed by atoms with Crippen molar-refractivity contribution in [2.24, 2.45) is 0 Å². The van der Waals surface area contributed by atoms with Gasteiger partial charge in [-0.1, -0.05) is 30.3 Å². The molecule has 0 spiro atoms. The van der Waals surface area contributed by atoms with E-state index in [1.54, 1.807) is 6.07 Å². The van der Waals surface area contributed by atoms with Crippen LogP contribution in [0.2, 0.25) is 0 Å². The number of benzene rings is 1. The Kier molecular flexibility index (Phi) is 10.4. The molecule has 6 N–H and O–H groups in total. The highest BCUT2D eigenvalue weighted by atomic mass is 31.3. The molecule has 4 unspecified atom stereocenters. The van der Waals surface area contributed by atoms with E-state index in [-0.39, 0.29) is 16.8 Å². The number of aliphatic hydroxyl groups is 2. The molecule has 6 atom stereocenters. The Hall–Kier alpha value is -2.87. The van der Waals surface area contributed by atoms with E-state index < -0.39 is 84.1 Å². The van der Waals surface area contributed by atoms with Crippen LogP contribution >= 0.6 is 23.5 Å². The van der Waals surface area contributed by atoms with E-state index in [0.717, 1.165) is 18.3 Å². The van der Waals surface area contributed by atoms with Gasteiger partial charge in [-0.3, -0.25) is 23.4 Å². The molecule has 1 fully saturated rings. The fourth-order valence-corrected chi connectivity index (χ4v) is 7.30. The lowest BCUT2D eigenvalue weighted by Crippen LogP contribution is -2.43. The van der Waals surface area contributed by atoms with Gasteiger partial charge in [0.25, 0.3) is 5.56 Å². The molecule has 3 heterocycles. The number of aliphatic hydroxyl groups excluding tert-OH is 2. The first-order valence-electron chi connectivity index (χ1n) is 12.4. The summed E-state index contributed by atoms with van der Waals surface area (Å²) in [6.07, 6.45) is -10.8. The minimum absolute atomic E-state index is 0.134. The molecular formula is C22H23F3N3O15P3. The Labute approximate surface area is 254 Å². The van der Waals surface area contributed by atoms with Crippen molar-refractivity contribution in [1.82, 2.24) is 14.1 Å². The van der Waals surface area contributed by atoms with Gasteiger partial charge in [0.15, 0.2) is 6.23 Å². The Balaban J connectivity index is 1.56. The zero-order chi connectivity index (χ0) is 34.2. The molecule has 0 saturated carbocycles. The molecular weight excluding hydrogens is 696 g/mol. The van der Waals surface area contributed by atoms with Gasteiger partial charge in [0, 0.05) is 18.5 Å². The summed E-state index contributed by atoms with van der Waals surface area (Å²) in [4.78, 5) is 65.7. The van der Waals surface area contributed by atoms with Gasteiger partial charge in [-0.25, -0.2) is 18.5 Å². The van der Waals surface area contributed by atoms with E-state index in [9.17, 15) is 56.5 Å². The van der Waals surface area contributed by atoms with Crippen molar-refractivity contribution < 1.29 is 74.5 Å². The fourth-order valence-electron chi connectivity index (χ4n) is 4.27. The largest absolute Gasteiger partial charge is 0.490 e. The number of pyridine rings is 1. The molecule has 1 aliphatic heterocycles. The van der Waals surface area contributed by atoms with Crippen LogP contribution in [-0.4, -0.2) is 68.8 Å². The number of alkyl halides is 3. The predicted molar refractivity (Wildman–Crippen MR) is 144 cm³/mol. The number of nitrogens with zero attached hydrogens (tertiary/aromatic N) is 3. The third kappa shape index (κ3) is 8.72. The van der Waals surface area contributed by atoms with Crippen molar-refractivity contribution in [2.75, 3.05) is 6.61 Å². The van der Waals surface area contributed by atoms with Crippen molar-refractivity contribution in [2.45, 2.75) is 37.3 Å². The van der Waals surface area contributed by atoms with Gasteiger partial charge in [0.2, 0.25) is 0 Å². The van der Waals surface area contributed by atoms with Crippen LogP contribution in [0.3, 0.4) is 0 Å². The van der Waals surface area contributed by atoms with Crippen molar-refractivity contribution in [3.63, 3.8) is 0 Å². The number of hydrogen-bond acceptors (Lipinski definition) is 12. The zero-order valence-corrected chi connectivity index (χ0v) is 25.3. The lowest BCUT2D eigenvalue weighted by atomic mass is 10.0. The van der Waals surface area contributed by atoms with Gasteiger partial charge >= 0.3 is 35.3 Å². The summed E-state index contributed by atoms with van der Waals surface area (Å²) in [5.74, 6) is 0. The summed E-state index contributed by atoms with van der Waals surface area (Å²) < 4.78 is 93.3. The third-order valence-electron chi connectivity index (χ3n) is 6.20. The van der Waals surface area contributed by atoms with Crippen LogP contribution in [0.1, 0.15) is 17.5 Å². The van der Waals surface area contributed by atoms with Gasteiger partial charge in [0.1, 0.15) is 18.3 Å². The highest BCUT2D eigenvalue weighted by molar-refractivity contribution is 7.66. The normalized spacial score (nSPS) is 23.2. The van der Waals surface area contributed by atoms with Crippen LogP contribution in [0, 0.1) is 0 Å². The predicted octanol–water partition coefficient (Wildman–Crippen LogP) is 1.10. The van der Waals surface area contributed by atoms with Gasteiger partial charge in [0.05, 0.1) is 24.4 Å². The second-order valence-corrected chi connectivity index (χ2v) is 13.9. The third-order valence-corrected chi connectivity index (χ3v) is 10.00. The summed E-state index contributed by atoms with van der Waals surface area (Å²) in [6.45, 7) is -1.82. The first-order valence-corrected chi connectivity index (χ1v) is 16.9. The van der Waals surface area contributed by atoms with Gasteiger partial charge < -0.3 is 34.5 Å². The lowest BCUT2D eigenvalue weighted by molar-refractivity contribution is -0.137. The van der Waals surface area contributed by atoms with E-state index in [2.05, 4.69) is 18.1 Å². The summed E-state index contributed by atoms with van der Waals surface area (Å²) in [5, 5.41) is 20.9. The number of halogens is 3. The van der Waals surface area contributed by atoms with E-state index in [1.807, 2.05) is 0 Å². The maximum atomic E-state index is 13.7. The maximum Gasteiger partial charge on any atom is 0.490 e. The van der Waals surface area contributed by atoms with Crippen LogP contribution in [0.5, 0.6) is 0 Å². The minimum Gasteiger partial charge on any atom is -0.387 e. The smallest absolute Gasteiger partial charge is 0.387 e. The van der Waals surface area contributed by atoms with Crippen molar-refractivity contribution >= 4 is 23.5 Å². The maximum absolute atomic E-state index is 13.7. The van der Waals surface area contributed by atoms with Crippen molar-refractivity contribution in [3.8, 4) is 11.1 Å². The molecule has 0 amide bonds. The summed E-state index contributed by atoms with van der Waals surface area (Å²) in [6, 6.07) is 9.33. The average molecular weight is 719 g/mol. The first kappa shape index (κ1) is 36.0. The highest BCUT2D eigenvalue weighted by Gasteiger charge is 2.47. The van der Waals surface area contributed by atoms with Crippen molar-refractivity contribution in [3.05, 3.63) is 87.0 Å². The highest BCUT2D eigenvalue weighted by Crippen LogP contribution is 2.66. The molecule has 0 bridgehead atoms. The Bertz CT molecular complexity index is 1850. The molecule has 0 radical (unpaired) electrons. The van der Waals surface area contributed by atoms with E-state index in [4.69, 9.17) is 14.5 Å². The number of phosphoric acid groups is 3. The molecule has 1 aromatic carbocycles. The average Bonchev–Trinajstić information content (AvgIpc) is 3.20. The first-order chi connectivity index (χ1) is 21.2. The number of phosphoric ester groups is 1. The summed E-state index contributed by atoms with van der Waals surface area (Å²) in [5.41, 5.74) is -3.42. The Morgan fingerprint density at radius 1 is 0.935 bits per heavy atom. The molecule has 0 aliphatic carbocycles. The second-order valence-electron chi connectivity index (χ2n) is 9.45. The SMILES string of the molecule is O=c1ccn([C@@H]2O[C@H](COP(=O)(O)OP(=O)(O)OP(=O)(O)O)C(O)C2O)c(=O)n1Cc1cc(-c2ccccc2)c(C(F)(F)F)cn1. The van der Waals surface area contributed by atoms with E-state index in [1.165, 1.54) is 24.3 Å². The molecule has 4 rings (SSSR count). The molecule has 2 aromatic heterocycles. The summed E-state index contributed by atoms with van der Waals surface area (Å²) >= 11 is 0. The quantitative estimate of drug-likeness (QED) is 0.152. The molecule has 1 aliphatic rings. The molecule has 18 nitrogen and oxygen atoms in total. The van der Waals surface area contributed by atoms with E-state index in [0.29, 0.717) is 15.3 Å². The van der Waals surface area contributed by atoms with Gasteiger partial charge in [-0.05, 0) is 17.2 Å². The van der Waals surface area contributed by atoms with Crippen LogP contribution in [0.4, 0.5) is 13.2 Å². The topological polar surface area (TPSA) is 266 Å². The standard InChI is InChI=1S/C22H23F3N3O15P3/c23-22(24,25)15-9-26-13(8-14(15)12-4-2-1-3-5-12)10-28-17(29)6-7-27(21(28)32)20-19(31)18(30)16(41-20)11-40-45(36,37)43-46(38,39)42-44(33,34)35/h1-9,16,18-20,30-31H,10-11H2,(H,36,37)(H,38,39)(H2,33,34,35)/t16-,18?,19?,20-/m1/s1. The molecule has 252 valence electrons. The van der Waals surface area contributed by atoms with Crippen LogP contribution in [0.25, 0.3) is 11.1 Å². The van der Waals surface area contributed by atoms with E-state index >= 15 is 0 Å². The van der Waals surface area contributed by atoms with Crippen molar-refractivity contribution in [1.29, 1.82) is 0 Å². The van der Waals surface area contributed by atoms with Crippen LogP contribution < -0.4 is 11.2 Å².